The average Bonchev–Trinajstić information content (AvgIpc) is 2.91. The fourth-order valence-electron chi connectivity index (χ4n) is 4.91. The first-order valence-corrected chi connectivity index (χ1v) is 21.5. The van der Waals surface area contributed by atoms with Gasteiger partial charge < -0.3 is 4.74 Å². The molecular weight excluding hydrogens is 509 g/mol. The second-order valence-corrected chi connectivity index (χ2v) is 22.9. The van der Waals surface area contributed by atoms with E-state index in [-0.39, 0.29) is 9.52 Å². The molecule has 3 nitrogen and oxygen atoms in total. The van der Waals surface area contributed by atoms with E-state index in [4.69, 9.17) is 4.74 Å². The van der Waals surface area contributed by atoms with Gasteiger partial charge in [-0.25, -0.2) is 9.97 Å². The summed E-state index contributed by atoms with van der Waals surface area (Å²) in [6, 6.07) is 9.80. The lowest BCUT2D eigenvalue weighted by atomic mass is 10.1. The molecule has 0 saturated heterocycles. The lowest BCUT2D eigenvalue weighted by Crippen LogP contribution is -2.39. The van der Waals surface area contributed by atoms with Gasteiger partial charge in [-0.15, -0.1) is 0 Å². The summed E-state index contributed by atoms with van der Waals surface area (Å²) >= 11 is 0. The van der Waals surface area contributed by atoms with Gasteiger partial charge in [0.15, 0.2) is 5.82 Å². The molecule has 1 aromatic carbocycles. The highest BCUT2D eigenvalue weighted by Crippen LogP contribution is 2.36. The third-order valence-electron chi connectivity index (χ3n) is 8.88. The number of aromatic nitrogens is 2. The number of aryl methyl sites for hydroxylation is 1. The molecule has 0 amide bonds. The van der Waals surface area contributed by atoms with Crippen LogP contribution in [-0.4, -0.2) is 34.2 Å². The summed E-state index contributed by atoms with van der Waals surface area (Å²) in [5.41, 5.74) is 2.30. The first-order chi connectivity index (χ1) is 18.7. The maximum absolute atomic E-state index is 5.99. The standard InChI is InChI=1S/C34H60N2OSi2/c1-7-8-9-10-11-12-15-18-21-30-28-35-33(36-29-30)31-22-24-32(25-23-31)37-26-19-16-13-14-17-20-27-38-34(2,3)39(4,5)6/h22-25,28-29H,7-21,26-27,38H2,1-6H3. The lowest BCUT2D eigenvalue weighted by Gasteiger charge is -2.37. The van der Waals surface area contributed by atoms with Crippen molar-refractivity contribution in [2.75, 3.05) is 6.61 Å². The van der Waals surface area contributed by atoms with E-state index in [2.05, 4.69) is 74.6 Å². The van der Waals surface area contributed by atoms with Gasteiger partial charge in [-0.3, -0.25) is 0 Å². The van der Waals surface area contributed by atoms with Gasteiger partial charge in [-0.1, -0.05) is 124 Å². The van der Waals surface area contributed by atoms with Crippen LogP contribution in [0.25, 0.3) is 11.4 Å². The Morgan fingerprint density at radius 3 is 1.85 bits per heavy atom. The van der Waals surface area contributed by atoms with E-state index in [1.165, 1.54) is 95.1 Å². The largest absolute Gasteiger partial charge is 0.494 e. The number of nitrogens with zero attached hydrogens (tertiary/aromatic N) is 2. The van der Waals surface area contributed by atoms with Crippen LogP contribution in [0.5, 0.6) is 5.75 Å². The quantitative estimate of drug-likeness (QED) is 0.105. The smallest absolute Gasteiger partial charge is 0.159 e. The fourth-order valence-corrected chi connectivity index (χ4v) is 9.93. The van der Waals surface area contributed by atoms with Crippen LogP contribution >= 0.6 is 0 Å². The van der Waals surface area contributed by atoms with Gasteiger partial charge in [0.05, 0.1) is 6.61 Å². The summed E-state index contributed by atoms with van der Waals surface area (Å²) in [7, 11) is -0.934. The molecule has 0 fully saturated rings. The Balaban J connectivity index is 1.53. The van der Waals surface area contributed by atoms with Gasteiger partial charge in [0.2, 0.25) is 0 Å². The van der Waals surface area contributed by atoms with Crippen molar-refractivity contribution in [3.05, 3.63) is 42.2 Å². The molecule has 1 heterocycles. The molecule has 0 saturated carbocycles. The molecule has 0 aliphatic rings. The van der Waals surface area contributed by atoms with E-state index in [1.807, 2.05) is 12.4 Å². The first-order valence-electron chi connectivity index (χ1n) is 16.3. The minimum absolute atomic E-state index is 0.0611. The Hall–Kier alpha value is -1.47. The van der Waals surface area contributed by atoms with Crippen LogP contribution in [0.2, 0.25) is 30.3 Å². The Morgan fingerprint density at radius 2 is 1.26 bits per heavy atom. The molecule has 220 valence electrons. The van der Waals surface area contributed by atoms with Crippen molar-refractivity contribution in [1.29, 1.82) is 0 Å². The Kier molecular flexibility index (Phi) is 16.3. The highest BCUT2D eigenvalue weighted by Gasteiger charge is 2.33. The van der Waals surface area contributed by atoms with E-state index in [0.29, 0.717) is 4.66 Å². The maximum atomic E-state index is 5.99. The number of unbranched alkanes of at least 4 members (excludes halogenated alkanes) is 12. The van der Waals surface area contributed by atoms with Crippen molar-refractivity contribution in [2.24, 2.45) is 0 Å². The molecule has 39 heavy (non-hydrogen) atoms. The van der Waals surface area contributed by atoms with Crippen LogP contribution in [0.1, 0.15) is 116 Å². The average molecular weight is 569 g/mol. The van der Waals surface area contributed by atoms with E-state index in [9.17, 15) is 0 Å². The molecule has 2 aromatic rings. The number of hydrogen-bond acceptors (Lipinski definition) is 3. The molecule has 0 N–H and O–H groups in total. The van der Waals surface area contributed by atoms with Crippen molar-refractivity contribution >= 4 is 17.6 Å². The zero-order valence-electron chi connectivity index (χ0n) is 26.5. The van der Waals surface area contributed by atoms with E-state index < -0.39 is 8.07 Å². The van der Waals surface area contributed by atoms with Crippen molar-refractivity contribution in [3.8, 4) is 17.1 Å². The monoisotopic (exact) mass is 568 g/mol. The number of ether oxygens (including phenoxy) is 1. The van der Waals surface area contributed by atoms with E-state index >= 15 is 0 Å². The summed E-state index contributed by atoms with van der Waals surface area (Å²) in [5.74, 6) is 1.74. The van der Waals surface area contributed by atoms with Crippen LogP contribution in [0.4, 0.5) is 0 Å². The first kappa shape index (κ1) is 33.7. The third-order valence-corrected chi connectivity index (χ3v) is 19.0. The Bertz CT molecular complexity index is 876. The van der Waals surface area contributed by atoms with E-state index in [0.717, 1.165) is 36.6 Å². The molecule has 0 aliphatic carbocycles. The minimum Gasteiger partial charge on any atom is -0.494 e. The molecule has 0 unspecified atom stereocenters. The van der Waals surface area contributed by atoms with Crippen LogP contribution in [-0.2, 0) is 6.42 Å². The van der Waals surface area contributed by atoms with Crippen molar-refractivity contribution in [3.63, 3.8) is 0 Å². The Morgan fingerprint density at radius 1 is 0.718 bits per heavy atom. The molecular formula is C34H60N2OSi2. The Labute approximate surface area is 245 Å². The SMILES string of the molecule is CCCCCCCCCCc1cnc(-c2ccc(OCCCCCCCC[SiH2]C(C)(C)[Si](C)(C)C)cc2)nc1. The van der Waals surface area contributed by atoms with E-state index in [1.54, 1.807) is 0 Å². The van der Waals surface area contributed by atoms with Crippen molar-refractivity contribution in [2.45, 2.75) is 147 Å². The van der Waals surface area contributed by atoms with Crippen molar-refractivity contribution in [1.82, 2.24) is 9.97 Å². The predicted octanol–water partition coefficient (Wildman–Crippen LogP) is 10.2. The predicted molar refractivity (Wildman–Crippen MR) is 178 cm³/mol. The molecule has 0 radical (unpaired) electrons. The highest BCUT2D eigenvalue weighted by molar-refractivity contribution is 6.87. The van der Waals surface area contributed by atoms with Crippen molar-refractivity contribution < 1.29 is 4.74 Å². The number of hydrogen-bond donors (Lipinski definition) is 0. The number of rotatable bonds is 22. The van der Waals surface area contributed by atoms with Gasteiger partial charge in [0.25, 0.3) is 0 Å². The summed E-state index contributed by atoms with van der Waals surface area (Å²) < 4.78 is 6.69. The van der Waals surface area contributed by atoms with Gasteiger partial charge in [-0.05, 0) is 53.8 Å². The molecule has 0 aliphatic heterocycles. The van der Waals surface area contributed by atoms with Gasteiger partial charge in [0, 0.05) is 35.6 Å². The topological polar surface area (TPSA) is 35.0 Å². The van der Waals surface area contributed by atoms with Crippen LogP contribution in [0.3, 0.4) is 0 Å². The fraction of sp³-hybridized carbons (Fsp3) is 0.706. The lowest BCUT2D eigenvalue weighted by molar-refractivity contribution is 0.304. The molecule has 0 spiro atoms. The number of benzene rings is 1. The third kappa shape index (κ3) is 14.1. The molecule has 0 atom stereocenters. The summed E-state index contributed by atoms with van der Waals surface area (Å²) in [4.78, 5) is 9.25. The highest BCUT2D eigenvalue weighted by atomic mass is 28.4. The normalized spacial score (nSPS) is 12.5. The van der Waals surface area contributed by atoms with Crippen LogP contribution < -0.4 is 4.74 Å². The van der Waals surface area contributed by atoms with Gasteiger partial charge >= 0.3 is 0 Å². The van der Waals surface area contributed by atoms with Crippen LogP contribution in [0.15, 0.2) is 36.7 Å². The summed E-state index contributed by atoms with van der Waals surface area (Å²) in [6.45, 7) is 15.8. The zero-order valence-corrected chi connectivity index (χ0v) is 28.9. The molecule has 2 rings (SSSR count). The summed E-state index contributed by atoms with van der Waals surface area (Å²) in [6.07, 6.45) is 23.9. The maximum Gasteiger partial charge on any atom is 0.159 e. The van der Waals surface area contributed by atoms with Gasteiger partial charge in [0.1, 0.15) is 5.75 Å². The zero-order chi connectivity index (χ0) is 28.4. The molecule has 0 bridgehead atoms. The second-order valence-electron chi connectivity index (χ2n) is 13.4. The molecule has 5 heteroatoms. The minimum atomic E-state index is -0.995. The van der Waals surface area contributed by atoms with Crippen LogP contribution in [0, 0.1) is 0 Å². The summed E-state index contributed by atoms with van der Waals surface area (Å²) in [5, 5.41) is 0. The molecule has 1 aromatic heterocycles. The second kappa shape index (κ2) is 18.8. The van der Waals surface area contributed by atoms with Gasteiger partial charge in [-0.2, -0.15) is 0 Å².